The predicted octanol–water partition coefficient (Wildman–Crippen LogP) is 23.8. The summed E-state index contributed by atoms with van der Waals surface area (Å²) in [5, 5.41) is 0. The highest BCUT2D eigenvalue weighted by molar-refractivity contribution is 5.71. The summed E-state index contributed by atoms with van der Waals surface area (Å²) in [4.78, 5) is 38.3. The maximum absolute atomic E-state index is 12.9. The molecule has 0 N–H and O–H groups in total. The van der Waals surface area contributed by atoms with Crippen molar-refractivity contribution in [2.75, 3.05) is 13.2 Å². The van der Waals surface area contributed by atoms with Crippen LogP contribution >= 0.6 is 0 Å². The van der Waals surface area contributed by atoms with Gasteiger partial charge in [0.15, 0.2) is 6.10 Å². The van der Waals surface area contributed by atoms with Crippen LogP contribution in [0.25, 0.3) is 0 Å². The Hall–Kier alpha value is -3.93. The second-order valence-corrected chi connectivity index (χ2v) is 22.7. The van der Waals surface area contributed by atoms with Crippen LogP contribution < -0.4 is 0 Å². The van der Waals surface area contributed by atoms with Crippen molar-refractivity contribution in [3.8, 4) is 0 Å². The predicted molar refractivity (Wildman–Crippen MR) is 353 cm³/mol. The van der Waals surface area contributed by atoms with Gasteiger partial charge in [-0.15, -0.1) is 0 Å². The third kappa shape index (κ3) is 66.8. The van der Waals surface area contributed by atoms with E-state index < -0.39 is 6.10 Å². The van der Waals surface area contributed by atoms with Gasteiger partial charge >= 0.3 is 17.9 Å². The number of hydrogen-bond acceptors (Lipinski definition) is 6. The van der Waals surface area contributed by atoms with Crippen LogP contribution in [-0.4, -0.2) is 37.2 Å². The zero-order valence-corrected chi connectivity index (χ0v) is 53.3. The first-order valence-electron chi connectivity index (χ1n) is 34.4. The van der Waals surface area contributed by atoms with Gasteiger partial charge in [0.25, 0.3) is 0 Å². The molecule has 464 valence electrons. The highest BCUT2D eigenvalue weighted by atomic mass is 16.6. The second kappa shape index (κ2) is 68.6. The van der Waals surface area contributed by atoms with Gasteiger partial charge in [-0.25, -0.2) is 0 Å². The van der Waals surface area contributed by atoms with E-state index in [9.17, 15) is 14.4 Å². The molecule has 81 heavy (non-hydrogen) atoms. The Morgan fingerprint density at radius 1 is 0.259 bits per heavy atom. The second-order valence-electron chi connectivity index (χ2n) is 22.7. The summed E-state index contributed by atoms with van der Waals surface area (Å²) in [5.41, 5.74) is 0. The number of rotatable bonds is 62. The monoisotopic (exact) mass is 1120 g/mol. The molecule has 1 atom stereocenters. The van der Waals surface area contributed by atoms with E-state index >= 15 is 0 Å². The summed E-state index contributed by atoms with van der Waals surface area (Å²) in [5.74, 6) is -0.945. The average molecular weight is 1130 g/mol. The van der Waals surface area contributed by atoms with Gasteiger partial charge in [-0.3, -0.25) is 14.4 Å². The Morgan fingerprint density at radius 2 is 0.481 bits per heavy atom. The van der Waals surface area contributed by atoms with Crippen molar-refractivity contribution in [1.82, 2.24) is 0 Å². The lowest BCUT2D eigenvalue weighted by Gasteiger charge is -2.18. The van der Waals surface area contributed by atoms with Gasteiger partial charge in [-0.05, 0) is 128 Å². The zero-order valence-electron chi connectivity index (χ0n) is 53.3. The number of esters is 3. The SMILES string of the molecule is CC/C=C\C/C=C\C/C=C\C/C=C\CCCCC(=O)OC(COC(=O)CCCCCCC/C=C\C/C=C\CCCCC)COC(=O)CCCCCCCCCCCCCCCCCCCC/C=C\C/C=C\C/C=C\CCCCCCC. The summed E-state index contributed by atoms with van der Waals surface area (Å²) in [6.07, 6.45) is 94.1. The standard InChI is InChI=1S/C75H128O6/c1-4-7-10-13-16-19-22-25-28-29-30-31-32-33-34-35-36-37-38-39-40-41-42-43-44-45-48-50-53-56-59-62-65-68-74(77)80-71-72(81-75(78)69-66-63-60-57-54-51-47-27-24-21-18-15-12-9-6-3)70-79-73(76)67-64-61-58-55-52-49-46-26-23-20-17-14-11-8-5-2/h9,12,17-18,20-22,25-27,29-30,32-33,46-47,54,57,72H,4-8,10-11,13-16,19,23-24,28,31,34-45,48-53,55-56,58-71H2,1-3H3/b12-9-,20-17-,21-18-,25-22-,30-29-,33-32-,46-26-,47-27-,57-54-. The summed E-state index contributed by atoms with van der Waals surface area (Å²) in [6.45, 7) is 6.46. The molecule has 0 aromatic heterocycles. The van der Waals surface area contributed by atoms with Crippen LogP contribution in [0.4, 0.5) is 0 Å². The van der Waals surface area contributed by atoms with Crippen molar-refractivity contribution in [1.29, 1.82) is 0 Å². The molecule has 0 heterocycles. The molecule has 6 nitrogen and oxygen atoms in total. The van der Waals surface area contributed by atoms with Crippen LogP contribution in [0, 0.1) is 0 Å². The maximum Gasteiger partial charge on any atom is 0.306 e. The van der Waals surface area contributed by atoms with Crippen LogP contribution in [0.15, 0.2) is 109 Å². The van der Waals surface area contributed by atoms with E-state index in [1.807, 2.05) is 0 Å². The fraction of sp³-hybridized carbons (Fsp3) is 0.720. The Kier molecular flexibility index (Phi) is 65.2. The van der Waals surface area contributed by atoms with Gasteiger partial charge in [0.2, 0.25) is 0 Å². The number of hydrogen-bond donors (Lipinski definition) is 0. The number of carbonyl (C=O) groups excluding carboxylic acids is 3. The van der Waals surface area contributed by atoms with Gasteiger partial charge in [-0.2, -0.15) is 0 Å². The van der Waals surface area contributed by atoms with E-state index in [0.29, 0.717) is 19.3 Å². The molecule has 0 radical (unpaired) electrons. The van der Waals surface area contributed by atoms with Gasteiger partial charge in [-0.1, -0.05) is 291 Å². The van der Waals surface area contributed by atoms with E-state index in [1.165, 1.54) is 167 Å². The van der Waals surface area contributed by atoms with Crippen molar-refractivity contribution in [3.05, 3.63) is 109 Å². The highest BCUT2D eigenvalue weighted by Gasteiger charge is 2.19. The molecule has 0 aliphatic carbocycles. The van der Waals surface area contributed by atoms with E-state index in [4.69, 9.17) is 14.2 Å². The van der Waals surface area contributed by atoms with E-state index in [2.05, 4.69) is 130 Å². The molecule has 0 rings (SSSR count). The van der Waals surface area contributed by atoms with Crippen LogP contribution in [0.1, 0.15) is 329 Å². The molecular weight excluding hydrogens is 997 g/mol. The summed E-state index contributed by atoms with van der Waals surface area (Å²) >= 11 is 0. The third-order valence-electron chi connectivity index (χ3n) is 14.7. The molecule has 0 aromatic carbocycles. The van der Waals surface area contributed by atoms with Crippen LogP contribution in [0.5, 0.6) is 0 Å². The van der Waals surface area contributed by atoms with E-state index in [-0.39, 0.29) is 37.5 Å². The van der Waals surface area contributed by atoms with Crippen molar-refractivity contribution in [2.45, 2.75) is 335 Å². The Labute approximate surface area is 501 Å². The zero-order chi connectivity index (χ0) is 58.5. The summed E-state index contributed by atoms with van der Waals surface area (Å²) in [6, 6.07) is 0. The van der Waals surface area contributed by atoms with Crippen LogP contribution in [0.2, 0.25) is 0 Å². The first-order valence-corrected chi connectivity index (χ1v) is 34.4. The Balaban J connectivity index is 4.21. The quantitative estimate of drug-likeness (QED) is 0.0261. The maximum atomic E-state index is 12.9. The molecule has 1 unspecified atom stereocenters. The molecule has 0 fully saturated rings. The van der Waals surface area contributed by atoms with Crippen molar-refractivity contribution < 1.29 is 28.6 Å². The number of carbonyl (C=O) groups is 3. The number of unbranched alkanes of at least 4 members (excludes halogenated alkanes) is 33. The summed E-state index contributed by atoms with van der Waals surface area (Å²) in [7, 11) is 0. The van der Waals surface area contributed by atoms with Gasteiger partial charge in [0, 0.05) is 19.3 Å². The molecule has 0 bridgehead atoms. The van der Waals surface area contributed by atoms with Gasteiger partial charge in [0.05, 0.1) is 0 Å². The number of allylic oxidation sites excluding steroid dienone is 18. The van der Waals surface area contributed by atoms with Crippen LogP contribution in [-0.2, 0) is 28.6 Å². The first-order chi connectivity index (χ1) is 40.0. The molecule has 0 saturated carbocycles. The topological polar surface area (TPSA) is 78.9 Å². The molecule has 0 amide bonds. The minimum absolute atomic E-state index is 0.0982. The minimum Gasteiger partial charge on any atom is -0.462 e. The third-order valence-corrected chi connectivity index (χ3v) is 14.7. The molecule has 0 spiro atoms. The minimum atomic E-state index is -0.807. The molecule has 6 heteroatoms. The van der Waals surface area contributed by atoms with Gasteiger partial charge < -0.3 is 14.2 Å². The molecule has 0 aliphatic heterocycles. The Bertz CT molecular complexity index is 1620. The summed E-state index contributed by atoms with van der Waals surface area (Å²) < 4.78 is 16.9. The molecule has 0 aliphatic rings. The normalized spacial score (nSPS) is 12.8. The smallest absolute Gasteiger partial charge is 0.306 e. The molecule has 0 saturated heterocycles. The van der Waals surface area contributed by atoms with Crippen molar-refractivity contribution in [2.24, 2.45) is 0 Å². The Morgan fingerprint density at radius 3 is 0.802 bits per heavy atom. The van der Waals surface area contributed by atoms with Gasteiger partial charge in [0.1, 0.15) is 13.2 Å². The van der Waals surface area contributed by atoms with E-state index in [0.717, 1.165) is 116 Å². The largest absolute Gasteiger partial charge is 0.462 e. The fourth-order valence-corrected chi connectivity index (χ4v) is 9.59. The average Bonchev–Trinajstić information content (AvgIpc) is 3.47. The van der Waals surface area contributed by atoms with Crippen LogP contribution in [0.3, 0.4) is 0 Å². The lowest BCUT2D eigenvalue weighted by atomic mass is 10.0. The lowest BCUT2D eigenvalue weighted by Crippen LogP contribution is -2.30. The lowest BCUT2D eigenvalue weighted by molar-refractivity contribution is -0.167. The fourth-order valence-electron chi connectivity index (χ4n) is 9.59. The van der Waals surface area contributed by atoms with Crippen molar-refractivity contribution >= 4 is 17.9 Å². The number of ether oxygens (including phenoxy) is 3. The molecule has 0 aromatic rings. The van der Waals surface area contributed by atoms with E-state index in [1.54, 1.807) is 0 Å². The molecular formula is C75H128O6. The first kappa shape index (κ1) is 77.1. The van der Waals surface area contributed by atoms with Crippen molar-refractivity contribution in [3.63, 3.8) is 0 Å². The highest BCUT2D eigenvalue weighted by Crippen LogP contribution is 2.17.